The van der Waals surface area contributed by atoms with E-state index in [0.29, 0.717) is 5.75 Å². The van der Waals surface area contributed by atoms with Gasteiger partial charge in [-0.1, -0.05) is 29.8 Å². The molecule has 0 heterocycles. The van der Waals surface area contributed by atoms with E-state index >= 15 is 0 Å². The number of carbonyl (C=O) groups excluding carboxylic acids is 2. The molecular formula is C19H21FN2O4. The molecule has 2 amide bonds. The monoisotopic (exact) mass is 360 g/mol. The molecule has 2 aromatic carbocycles. The molecular weight excluding hydrogens is 339 g/mol. The lowest BCUT2D eigenvalue weighted by Gasteiger charge is -2.18. The standard InChI is InChI=1S/C19H21FN2O4/c1-12-8-10-15(11-9-12)25-13(2)18(23)21-22-19(24)14(3)26-17-7-5-4-6-16(17)20/h4-11,13-14H,1-3H3,(H,21,23)(H,22,24). The summed E-state index contributed by atoms with van der Waals surface area (Å²) in [5.74, 6) is -1.23. The predicted octanol–water partition coefficient (Wildman–Crippen LogP) is 2.52. The lowest BCUT2D eigenvalue weighted by Crippen LogP contribution is -2.50. The number of nitrogens with one attached hydrogen (secondary N) is 2. The molecule has 0 aliphatic heterocycles. The van der Waals surface area contributed by atoms with E-state index in [4.69, 9.17) is 9.47 Å². The topological polar surface area (TPSA) is 76.7 Å². The van der Waals surface area contributed by atoms with E-state index in [9.17, 15) is 14.0 Å². The van der Waals surface area contributed by atoms with Crippen LogP contribution in [0.5, 0.6) is 11.5 Å². The first-order chi connectivity index (χ1) is 12.4. The van der Waals surface area contributed by atoms with Crippen LogP contribution in [0.2, 0.25) is 0 Å². The van der Waals surface area contributed by atoms with Crippen LogP contribution < -0.4 is 20.3 Å². The molecule has 2 rings (SSSR count). The Labute approximate surface area is 151 Å². The van der Waals surface area contributed by atoms with E-state index in [0.717, 1.165) is 5.56 Å². The van der Waals surface area contributed by atoms with E-state index in [2.05, 4.69) is 10.9 Å². The van der Waals surface area contributed by atoms with Gasteiger partial charge in [-0.2, -0.15) is 0 Å². The Morgan fingerprint density at radius 2 is 1.42 bits per heavy atom. The summed E-state index contributed by atoms with van der Waals surface area (Å²) < 4.78 is 24.3. The van der Waals surface area contributed by atoms with Crippen LogP contribution in [0.4, 0.5) is 4.39 Å². The third-order valence-electron chi connectivity index (χ3n) is 3.52. The van der Waals surface area contributed by atoms with Crippen molar-refractivity contribution in [1.82, 2.24) is 10.9 Å². The van der Waals surface area contributed by atoms with Crippen LogP contribution in [0.15, 0.2) is 48.5 Å². The van der Waals surface area contributed by atoms with Crippen molar-refractivity contribution in [2.45, 2.75) is 33.0 Å². The van der Waals surface area contributed by atoms with Gasteiger partial charge in [-0.15, -0.1) is 0 Å². The predicted molar refractivity (Wildman–Crippen MR) is 94.0 cm³/mol. The molecule has 2 N–H and O–H groups in total. The lowest BCUT2D eigenvalue weighted by atomic mass is 10.2. The number of benzene rings is 2. The number of hydrogen-bond donors (Lipinski definition) is 2. The minimum absolute atomic E-state index is 0.0439. The summed E-state index contributed by atoms with van der Waals surface area (Å²) in [5, 5.41) is 0. The molecule has 7 heteroatoms. The molecule has 2 atom stereocenters. The summed E-state index contributed by atoms with van der Waals surface area (Å²) in [4.78, 5) is 24.0. The lowest BCUT2D eigenvalue weighted by molar-refractivity contribution is -0.135. The normalized spacial score (nSPS) is 12.6. The van der Waals surface area contributed by atoms with Crippen LogP contribution in [-0.4, -0.2) is 24.0 Å². The maximum absolute atomic E-state index is 13.5. The van der Waals surface area contributed by atoms with Gasteiger partial charge in [0.15, 0.2) is 23.8 Å². The number of para-hydroxylation sites is 1. The zero-order chi connectivity index (χ0) is 19.1. The summed E-state index contributed by atoms with van der Waals surface area (Å²) in [7, 11) is 0. The Morgan fingerprint density at radius 1 is 0.885 bits per heavy atom. The van der Waals surface area contributed by atoms with Gasteiger partial charge in [-0.05, 0) is 45.0 Å². The van der Waals surface area contributed by atoms with Crippen molar-refractivity contribution < 1.29 is 23.5 Å². The maximum atomic E-state index is 13.5. The largest absolute Gasteiger partial charge is 0.481 e. The molecule has 0 aliphatic carbocycles. The molecule has 0 saturated carbocycles. The first kappa shape index (κ1) is 19.2. The van der Waals surface area contributed by atoms with E-state index in [-0.39, 0.29) is 5.75 Å². The number of hydrogen-bond acceptors (Lipinski definition) is 4. The fraction of sp³-hybridized carbons (Fsp3) is 0.263. The van der Waals surface area contributed by atoms with Crippen molar-refractivity contribution in [3.63, 3.8) is 0 Å². The highest BCUT2D eigenvalue weighted by Crippen LogP contribution is 2.17. The molecule has 0 aliphatic rings. The van der Waals surface area contributed by atoms with Gasteiger partial charge in [0.2, 0.25) is 0 Å². The van der Waals surface area contributed by atoms with Crippen molar-refractivity contribution >= 4 is 11.8 Å². The highest BCUT2D eigenvalue weighted by atomic mass is 19.1. The molecule has 0 bridgehead atoms. The third kappa shape index (κ3) is 5.47. The fourth-order valence-corrected chi connectivity index (χ4v) is 1.99. The van der Waals surface area contributed by atoms with Gasteiger partial charge in [0.1, 0.15) is 5.75 Å². The molecule has 6 nitrogen and oxygen atoms in total. The van der Waals surface area contributed by atoms with E-state index < -0.39 is 29.8 Å². The van der Waals surface area contributed by atoms with Crippen molar-refractivity contribution in [2.24, 2.45) is 0 Å². The molecule has 0 fully saturated rings. The molecule has 0 aromatic heterocycles. The Balaban J connectivity index is 1.81. The Hall–Kier alpha value is -3.09. The number of amides is 2. The van der Waals surface area contributed by atoms with Gasteiger partial charge in [0, 0.05) is 0 Å². The SMILES string of the molecule is Cc1ccc(OC(C)C(=O)NNC(=O)C(C)Oc2ccccc2F)cc1. The zero-order valence-electron chi connectivity index (χ0n) is 14.8. The third-order valence-corrected chi connectivity index (χ3v) is 3.52. The first-order valence-corrected chi connectivity index (χ1v) is 8.11. The van der Waals surface area contributed by atoms with Gasteiger partial charge >= 0.3 is 0 Å². The minimum Gasteiger partial charge on any atom is -0.481 e. The van der Waals surface area contributed by atoms with Gasteiger partial charge in [-0.3, -0.25) is 20.4 Å². The molecule has 0 radical (unpaired) electrons. The second kappa shape index (κ2) is 8.84. The number of rotatable bonds is 6. The van der Waals surface area contributed by atoms with Crippen LogP contribution in [0.1, 0.15) is 19.4 Å². The van der Waals surface area contributed by atoms with E-state index in [1.54, 1.807) is 25.1 Å². The van der Waals surface area contributed by atoms with Crippen molar-refractivity contribution in [3.8, 4) is 11.5 Å². The average Bonchev–Trinajstić information content (AvgIpc) is 2.63. The number of halogens is 1. The van der Waals surface area contributed by atoms with Crippen LogP contribution in [0.25, 0.3) is 0 Å². The smallest absolute Gasteiger partial charge is 0.279 e. The van der Waals surface area contributed by atoms with Crippen molar-refractivity contribution in [1.29, 1.82) is 0 Å². The second-order valence-electron chi connectivity index (χ2n) is 5.74. The van der Waals surface area contributed by atoms with Gasteiger partial charge in [0.05, 0.1) is 0 Å². The highest BCUT2D eigenvalue weighted by Gasteiger charge is 2.19. The number of carbonyl (C=O) groups is 2. The maximum Gasteiger partial charge on any atom is 0.279 e. The average molecular weight is 360 g/mol. The summed E-state index contributed by atoms with van der Waals surface area (Å²) in [6.07, 6.45) is -1.82. The molecule has 138 valence electrons. The molecule has 0 saturated heterocycles. The number of aryl methyl sites for hydroxylation is 1. The number of ether oxygens (including phenoxy) is 2. The van der Waals surface area contributed by atoms with Gasteiger partial charge in [0.25, 0.3) is 11.8 Å². The molecule has 26 heavy (non-hydrogen) atoms. The van der Waals surface area contributed by atoms with Crippen LogP contribution >= 0.6 is 0 Å². The van der Waals surface area contributed by atoms with Gasteiger partial charge < -0.3 is 9.47 Å². The number of hydrazine groups is 1. The fourth-order valence-electron chi connectivity index (χ4n) is 1.99. The van der Waals surface area contributed by atoms with E-state index in [1.165, 1.54) is 25.1 Å². The Bertz CT molecular complexity index is 764. The van der Waals surface area contributed by atoms with Crippen LogP contribution in [0.3, 0.4) is 0 Å². The van der Waals surface area contributed by atoms with Crippen LogP contribution in [-0.2, 0) is 9.59 Å². The Kier molecular flexibility index (Phi) is 6.54. The minimum atomic E-state index is -1.000. The highest BCUT2D eigenvalue weighted by molar-refractivity contribution is 5.86. The first-order valence-electron chi connectivity index (χ1n) is 8.11. The van der Waals surface area contributed by atoms with Gasteiger partial charge in [-0.25, -0.2) is 4.39 Å². The van der Waals surface area contributed by atoms with Crippen molar-refractivity contribution in [3.05, 3.63) is 59.9 Å². The summed E-state index contributed by atoms with van der Waals surface area (Å²) in [6, 6.07) is 13.0. The zero-order valence-corrected chi connectivity index (χ0v) is 14.8. The summed E-state index contributed by atoms with van der Waals surface area (Å²) in [6.45, 7) is 4.95. The second-order valence-corrected chi connectivity index (χ2v) is 5.74. The molecule has 2 unspecified atom stereocenters. The Morgan fingerprint density at radius 3 is 2.00 bits per heavy atom. The van der Waals surface area contributed by atoms with Crippen LogP contribution in [0, 0.1) is 12.7 Å². The summed E-state index contributed by atoms with van der Waals surface area (Å²) >= 11 is 0. The summed E-state index contributed by atoms with van der Waals surface area (Å²) in [5.41, 5.74) is 5.56. The quantitative estimate of drug-likeness (QED) is 0.776. The molecule has 2 aromatic rings. The van der Waals surface area contributed by atoms with Crippen molar-refractivity contribution in [2.75, 3.05) is 0 Å². The van der Waals surface area contributed by atoms with E-state index in [1.807, 2.05) is 19.1 Å². The molecule has 0 spiro atoms.